The van der Waals surface area contributed by atoms with E-state index in [1.807, 2.05) is 49.5 Å². The number of fused-ring (bicyclic) bond motifs is 1. The molecule has 0 N–H and O–H groups in total. The van der Waals surface area contributed by atoms with Crippen molar-refractivity contribution in [2.75, 3.05) is 12.8 Å². The van der Waals surface area contributed by atoms with E-state index in [1.165, 1.54) is 17.8 Å². The van der Waals surface area contributed by atoms with Crippen molar-refractivity contribution in [2.24, 2.45) is 0 Å². The van der Waals surface area contributed by atoms with Gasteiger partial charge in [-0.25, -0.2) is 4.79 Å². The van der Waals surface area contributed by atoms with Crippen molar-refractivity contribution >= 4 is 28.6 Å². The Bertz CT molecular complexity index is 982. The van der Waals surface area contributed by atoms with E-state index in [9.17, 15) is 9.59 Å². The zero-order chi connectivity index (χ0) is 19.2. The largest absolute Gasteiger partial charge is 0.423 e. The fourth-order valence-electron chi connectivity index (χ4n) is 2.92. The van der Waals surface area contributed by atoms with Crippen molar-refractivity contribution in [3.8, 4) is 0 Å². The SMILES string of the molecule is CCc1ccc2c(CSCC(=O)N(C)Cc3ccccc3)cc(=O)oc2c1. The first-order valence-electron chi connectivity index (χ1n) is 8.98. The average Bonchev–Trinajstić information content (AvgIpc) is 2.67. The molecule has 0 unspecified atom stereocenters. The van der Waals surface area contributed by atoms with Crippen LogP contribution < -0.4 is 5.63 Å². The number of hydrogen-bond acceptors (Lipinski definition) is 4. The standard InChI is InChI=1S/C22H23NO3S/c1-3-16-9-10-19-18(12-22(25)26-20(19)11-16)14-27-15-21(24)23(2)13-17-7-5-4-6-8-17/h4-12H,3,13-15H2,1-2H3. The minimum atomic E-state index is -0.348. The minimum Gasteiger partial charge on any atom is -0.423 e. The first-order valence-corrected chi connectivity index (χ1v) is 10.1. The molecule has 0 atom stereocenters. The van der Waals surface area contributed by atoms with Crippen LogP contribution in [0.1, 0.15) is 23.6 Å². The van der Waals surface area contributed by atoms with Crippen LogP contribution in [0.3, 0.4) is 0 Å². The quantitative estimate of drug-likeness (QED) is 0.574. The highest BCUT2D eigenvalue weighted by Gasteiger charge is 2.11. The van der Waals surface area contributed by atoms with Crippen LogP contribution in [-0.2, 0) is 23.5 Å². The number of carbonyl (C=O) groups is 1. The maximum Gasteiger partial charge on any atom is 0.336 e. The maximum atomic E-state index is 12.4. The third-order valence-corrected chi connectivity index (χ3v) is 5.44. The van der Waals surface area contributed by atoms with Gasteiger partial charge in [-0.3, -0.25) is 4.79 Å². The second-order valence-corrected chi connectivity index (χ2v) is 7.49. The first-order chi connectivity index (χ1) is 13.1. The molecule has 1 heterocycles. The Morgan fingerprint density at radius 1 is 1.07 bits per heavy atom. The van der Waals surface area contributed by atoms with Gasteiger partial charge in [0.2, 0.25) is 5.91 Å². The highest BCUT2D eigenvalue weighted by atomic mass is 32.2. The van der Waals surface area contributed by atoms with Gasteiger partial charge in [-0.05, 0) is 29.2 Å². The van der Waals surface area contributed by atoms with Crippen molar-refractivity contribution < 1.29 is 9.21 Å². The lowest BCUT2D eigenvalue weighted by molar-refractivity contribution is -0.127. The van der Waals surface area contributed by atoms with E-state index in [2.05, 4.69) is 13.0 Å². The van der Waals surface area contributed by atoms with E-state index in [1.54, 1.807) is 4.90 Å². The normalized spacial score (nSPS) is 10.9. The summed E-state index contributed by atoms with van der Waals surface area (Å²) < 4.78 is 5.34. The van der Waals surface area contributed by atoms with Crippen LogP contribution in [-0.4, -0.2) is 23.6 Å². The molecule has 0 aliphatic heterocycles. The monoisotopic (exact) mass is 381 g/mol. The molecular weight excluding hydrogens is 358 g/mol. The van der Waals surface area contributed by atoms with Crippen LogP contribution in [0.4, 0.5) is 0 Å². The summed E-state index contributed by atoms with van der Waals surface area (Å²) in [5.41, 5.74) is 3.42. The molecule has 3 rings (SSSR count). The molecule has 5 heteroatoms. The summed E-state index contributed by atoms with van der Waals surface area (Å²) in [5.74, 6) is 1.04. The van der Waals surface area contributed by atoms with Gasteiger partial charge in [-0.15, -0.1) is 11.8 Å². The molecule has 140 valence electrons. The summed E-state index contributed by atoms with van der Waals surface area (Å²) in [7, 11) is 1.81. The number of hydrogen-bond donors (Lipinski definition) is 0. The maximum absolute atomic E-state index is 12.4. The molecule has 27 heavy (non-hydrogen) atoms. The first kappa shape index (κ1) is 19.2. The summed E-state index contributed by atoms with van der Waals surface area (Å²) in [4.78, 5) is 26.0. The highest BCUT2D eigenvalue weighted by molar-refractivity contribution is 7.99. The fraction of sp³-hybridized carbons (Fsp3) is 0.273. The van der Waals surface area contributed by atoms with Crippen LogP contribution >= 0.6 is 11.8 Å². The second-order valence-electron chi connectivity index (χ2n) is 6.50. The number of benzene rings is 2. The number of nitrogens with zero attached hydrogens (tertiary/aromatic N) is 1. The van der Waals surface area contributed by atoms with E-state index in [-0.39, 0.29) is 11.5 Å². The number of aryl methyl sites for hydroxylation is 1. The smallest absolute Gasteiger partial charge is 0.336 e. The Balaban J connectivity index is 1.63. The fourth-order valence-corrected chi connectivity index (χ4v) is 3.87. The van der Waals surface area contributed by atoms with Gasteiger partial charge in [-0.1, -0.05) is 49.4 Å². The lowest BCUT2D eigenvalue weighted by atomic mass is 10.1. The van der Waals surface area contributed by atoms with Crippen LogP contribution in [0.2, 0.25) is 0 Å². The number of rotatable bonds is 7. The topological polar surface area (TPSA) is 50.5 Å². The van der Waals surface area contributed by atoms with Gasteiger partial charge in [0.05, 0.1) is 5.75 Å². The zero-order valence-electron chi connectivity index (χ0n) is 15.6. The van der Waals surface area contributed by atoms with Crippen molar-refractivity contribution in [3.05, 3.63) is 81.7 Å². The van der Waals surface area contributed by atoms with Gasteiger partial charge < -0.3 is 9.32 Å². The predicted octanol–water partition coefficient (Wildman–Crippen LogP) is 4.25. The van der Waals surface area contributed by atoms with Crippen molar-refractivity contribution in [2.45, 2.75) is 25.6 Å². The Morgan fingerprint density at radius 2 is 1.85 bits per heavy atom. The zero-order valence-corrected chi connectivity index (χ0v) is 16.4. The Morgan fingerprint density at radius 3 is 2.59 bits per heavy atom. The van der Waals surface area contributed by atoms with Gasteiger partial charge >= 0.3 is 5.63 Å². The molecule has 1 amide bonds. The summed E-state index contributed by atoms with van der Waals surface area (Å²) >= 11 is 1.52. The molecule has 3 aromatic rings. The van der Waals surface area contributed by atoms with Gasteiger partial charge in [0.1, 0.15) is 5.58 Å². The molecule has 0 saturated carbocycles. The molecule has 1 aromatic heterocycles. The van der Waals surface area contributed by atoms with Gasteiger partial charge in [0.15, 0.2) is 0 Å². The molecule has 0 aliphatic carbocycles. The van der Waals surface area contributed by atoms with Crippen LogP contribution in [0.5, 0.6) is 0 Å². The van der Waals surface area contributed by atoms with E-state index in [0.717, 1.165) is 28.5 Å². The molecule has 0 bridgehead atoms. The number of thioether (sulfide) groups is 1. The summed E-state index contributed by atoms with van der Waals surface area (Å²) in [6.07, 6.45) is 0.890. The molecule has 4 nitrogen and oxygen atoms in total. The third kappa shape index (κ3) is 5.01. The average molecular weight is 381 g/mol. The Kier molecular flexibility index (Phi) is 6.35. The molecule has 0 fully saturated rings. The summed E-state index contributed by atoms with van der Waals surface area (Å²) in [6, 6.07) is 17.4. The summed E-state index contributed by atoms with van der Waals surface area (Å²) in [5, 5.41) is 0.935. The predicted molar refractivity (Wildman–Crippen MR) is 111 cm³/mol. The van der Waals surface area contributed by atoms with Crippen LogP contribution in [0.25, 0.3) is 11.0 Å². The Hall–Kier alpha value is -2.53. The van der Waals surface area contributed by atoms with Crippen molar-refractivity contribution in [3.63, 3.8) is 0 Å². The highest BCUT2D eigenvalue weighted by Crippen LogP contribution is 2.23. The van der Waals surface area contributed by atoms with E-state index in [0.29, 0.717) is 23.6 Å². The van der Waals surface area contributed by atoms with Crippen LogP contribution in [0.15, 0.2) is 63.8 Å². The van der Waals surface area contributed by atoms with Gasteiger partial charge in [0.25, 0.3) is 0 Å². The van der Waals surface area contributed by atoms with E-state index < -0.39 is 0 Å². The van der Waals surface area contributed by atoms with E-state index in [4.69, 9.17) is 4.42 Å². The molecule has 0 spiro atoms. The Labute approximate surface area is 163 Å². The number of carbonyl (C=O) groups excluding carboxylic acids is 1. The lowest BCUT2D eigenvalue weighted by Crippen LogP contribution is -2.27. The minimum absolute atomic E-state index is 0.0735. The molecule has 0 radical (unpaired) electrons. The summed E-state index contributed by atoms with van der Waals surface area (Å²) in [6.45, 7) is 2.66. The van der Waals surface area contributed by atoms with Gasteiger partial charge in [0, 0.05) is 30.8 Å². The molecule has 2 aromatic carbocycles. The molecule has 0 aliphatic rings. The lowest BCUT2D eigenvalue weighted by Gasteiger charge is -2.17. The second kappa shape index (κ2) is 8.91. The number of amides is 1. The molecular formula is C22H23NO3S. The van der Waals surface area contributed by atoms with Crippen molar-refractivity contribution in [1.29, 1.82) is 0 Å². The third-order valence-electron chi connectivity index (χ3n) is 4.47. The van der Waals surface area contributed by atoms with Gasteiger partial charge in [-0.2, -0.15) is 0 Å². The van der Waals surface area contributed by atoms with E-state index >= 15 is 0 Å². The molecule has 0 saturated heterocycles. The van der Waals surface area contributed by atoms with Crippen molar-refractivity contribution in [1.82, 2.24) is 4.90 Å². The van der Waals surface area contributed by atoms with Crippen LogP contribution in [0, 0.1) is 0 Å².